The first-order valence-corrected chi connectivity index (χ1v) is 10.7. The molecule has 0 unspecified atom stereocenters. The van der Waals surface area contributed by atoms with Crippen LogP contribution >= 0.6 is 15.9 Å². The molecule has 34 heavy (non-hydrogen) atoms. The molecule has 9 nitrogen and oxygen atoms in total. The van der Waals surface area contributed by atoms with E-state index < -0.39 is 16.7 Å². The Morgan fingerprint density at radius 3 is 2.18 bits per heavy atom. The van der Waals surface area contributed by atoms with Gasteiger partial charge in [-0.15, -0.1) is 0 Å². The maximum atomic E-state index is 13.1. The van der Waals surface area contributed by atoms with Crippen molar-refractivity contribution in [1.29, 1.82) is 0 Å². The van der Waals surface area contributed by atoms with E-state index in [0.717, 1.165) is 4.47 Å². The van der Waals surface area contributed by atoms with Gasteiger partial charge >= 0.3 is 0 Å². The van der Waals surface area contributed by atoms with E-state index in [-0.39, 0.29) is 28.4 Å². The Morgan fingerprint density at radius 2 is 1.59 bits per heavy atom. The summed E-state index contributed by atoms with van der Waals surface area (Å²) in [5, 5.41) is 16.9. The van der Waals surface area contributed by atoms with Gasteiger partial charge < -0.3 is 20.1 Å². The zero-order chi connectivity index (χ0) is 24.7. The first-order chi connectivity index (χ1) is 16.3. The first-order valence-electron chi connectivity index (χ1n) is 9.87. The van der Waals surface area contributed by atoms with Crippen LogP contribution in [-0.4, -0.2) is 31.0 Å². The molecule has 0 aromatic heterocycles. The Labute approximate surface area is 203 Å². The number of halogens is 1. The molecular formula is C24H20BrN3O6. The monoisotopic (exact) mass is 525 g/mol. The average molecular weight is 526 g/mol. The van der Waals surface area contributed by atoms with Crippen LogP contribution in [0.2, 0.25) is 0 Å². The predicted molar refractivity (Wildman–Crippen MR) is 131 cm³/mol. The molecule has 174 valence electrons. The van der Waals surface area contributed by atoms with Gasteiger partial charge in [0.2, 0.25) is 0 Å². The number of ether oxygens (including phenoxy) is 2. The lowest BCUT2D eigenvalue weighted by Crippen LogP contribution is -2.30. The van der Waals surface area contributed by atoms with Crippen molar-refractivity contribution in [2.45, 2.75) is 0 Å². The molecule has 0 aliphatic rings. The van der Waals surface area contributed by atoms with Crippen LogP contribution < -0.4 is 20.1 Å². The van der Waals surface area contributed by atoms with Gasteiger partial charge in [-0.25, -0.2) is 0 Å². The summed E-state index contributed by atoms with van der Waals surface area (Å²) in [6, 6.07) is 17.6. The third-order valence-electron chi connectivity index (χ3n) is 4.66. The minimum absolute atomic E-state index is 0.0389. The lowest BCUT2D eigenvalue weighted by molar-refractivity contribution is -0.385. The number of nitrogens with one attached hydrogen (secondary N) is 2. The van der Waals surface area contributed by atoms with Crippen molar-refractivity contribution in [2.24, 2.45) is 0 Å². The number of nitro groups is 1. The average Bonchev–Trinajstić information content (AvgIpc) is 2.84. The highest BCUT2D eigenvalue weighted by molar-refractivity contribution is 9.10. The van der Waals surface area contributed by atoms with Crippen LogP contribution in [0.15, 0.2) is 76.9 Å². The van der Waals surface area contributed by atoms with Crippen LogP contribution in [0.4, 0.5) is 11.4 Å². The van der Waals surface area contributed by atoms with Crippen LogP contribution in [0.5, 0.6) is 11.5 Å². The smallest absolute Gasteiger partial charge is 0.280 e. The van der Waals surface area contributed by atoms with Gasteiger partial charge in [-0.2, -0.15) is 0 Å². The quantitative estimate of drug-likeness (QED) is 0.248. The Kier molecular flexibility index (Phi) is 7.99. The summed E-state index contributed by atoms with van der Waals surface area (Å²) in [6.45, 7) is 0. The highest BCUT2D eigenvalue weighted by Gasteiger charge is 2.22. The van der Waals surface area contributed by atoms with Gasteiger partial charge in [0.15, 0.2) is 11.5 Å². The summed E-state index contributed by atoms with van der Waals surface area (Å²) >= 11 is 3.32. The zero-order valence-electron chi connectivity index (χ0n) is 18.2. The molecule has 3 aromatic rings. The third-order valence-corrected chi connectivity index (χ3v) is 5.19. The number of amides is 2. The SMILES string of the molecule is COc1cc(C=C(NC(=O)c2ccccc2)C(=O)Nc2ccc(Br)cc2)c([N+](=O)[O-])cc1OC. The Morgan fingerprint density at radius 1 is 0.971 bits per heavy atom. The second kappa shape index (κ2) is 11.1. The highest BCUT2D eigenvalue weighted by Crippen LogP contribution is 2.35. The molecular weight excluding hydrogens is 506 g/mol. The predicted octanol–water partition coefficient (Wildman–Crippen LogP) is 4.78. The zero-order valence-corrected chi connectivity index (χ0v) is 19.8. The van der Waals surface area contributed by atoms with E-state index in [1.165, 1.54) is 32.4 Å². The second-order valence-electron chi connectivity index (χ2n) is 6.86. The molecule has 0 saturated carbocycles. The number of nitro benzene ring substituents is 1. The molecule has 0 saturated heterocycles. The van der Waals surface area contributed by atoms with Gasteiger partial charge in [-0.1, -0.05) is 34.1 Å². The third kappa shape index (κ3) is 5.99. The number of carbonyl (C=O) groups excluding carboxylic acids is 2. The molecule has 0 heterocycles. The molecule has 0 radical (unpaired) electrons. The van der Waals surface area contributed by atoms with E-state index in [1.807, 2.05) is 0 Å². The van der Waals surface area contributed by atoms with E-state index in [0.29, 0.717) is 11.3 Å². The van der Waals surface area contributed by atoms with E-state index in [4.69, 9.17) is 9.47 Å². The summed E-state index contributed by atoms with van der Waals surface area (Å²) in [5.41, 5.74) is 0.283. The molecule has 0 atom stereocenters. The second-order valence-corrected chi connectivity index (χ2v) is 7.78. The lowest BCUT2D eigenvalue weighted by Gasteiger charge is -2.13. The first kappa shape index (κ1) is 24.5. The number of nitrogens with zero attached hydrogens (tertiary/aromatic N) is 1. The maximum absolute atomic E-state index is 13.1. The van der Waals surface area contributed by atoms with Crippen molar-refractivity contribution in [3.05, 3.63) is 98.1 Å². The number of rotatable bonds is 8. The summed E-state index contributed by atoms with van der Waals surface area (Å²) in [5.74, 6) is -0.849. The Balaban J connectivity index is 2.06. The van der Waals surface area contributed by atoms with Gasteiger partial charge in [0, 0.05) is 15.7 Å². The number of hydrogen-bond donors (Lipinski definition) is 2. The molecule has 0 aliphatic heterocycles. The summed E-state index contributed by atoms with van der Waals surface area (Å²) in [4.78, 5) is 36.9. The molecule has 2 amide bonds. The normalized spacial score (nSPS) is 10.9. The van der Waals surface area contributed by atoms with Crippen LogP contribution in [0.25, 0.3) is 6.08 Å². The van der Waals surface area contributed by atoms with Crippen molar-refractivity contribution in [3.8, 4) is 11.5 Å². The fraction of sp³-hybridized carbons (Fsp3) is 0.0833. The van der Waals surface area contributed by atoms with Crippen molar-refractivity contribution in [2.75, 3.05) is 19.5 Å². The standard InChI is InChI=1S/C24H20BrN3O6/c1-33-21-13-16(20(28(31)32)14-22(21)34-2)12-19(27-23(29)15-6-4-3-5-7-15)24(30)26-18-10-8-17(25)9-11-18/h3-14H,1-2H3,(H,26,30)(H,27,29). The number of methoxy groups -OCH3 is 2. The van der Waals surface area contributed by atoms with E-state index >= 15 is 0 Å². The van der Waals surface area contributed by atoms with Crippen molar-refractivity contribution < 1.29 is 24.0 Å². The van der Waals surface area contributed by atoms with Gasteiger partial charge in [0.05, 0.1) is 30.8 Å². The number of hydrogen-bond acceptors (Lipinski definition) is 6. The fourth-order valence-corrected chi connectivity index (χ4v) is 3.25. The van der Waals surface area contributed by atoms with Crippen LogP contribution in [0.1, 0.15) is 15.9 Å². The maximum Gasteiger partial charge on any atom is 0.280 e. The van der Waals surface area contributed by atoms with Crippen LogP contribution in [-0.2, 0) is 4.79 Å². The Hall–Kier alpha value is -4.18. The van der Waals surface area contributed by atoms with Gasteiger partial charge in [0.25, 0.3) is 17.5 Å². The van der Waals surface area contributed by atoms with Crippen LogP contribution in [0.3, 0.4) is 0 Å². The van der Waals surface area contributed by atoms with Crippen molar-refractivity contribution >= 4 is 45.2 Å². The molecule has 0 aliphatic carbocycles. The molecule has 10 heteroatoms. The largest absolute Gasteiger partial charge is 0.493 e. The van der Waals surface area contributed by atoms with Crippen LogP contribution in [0, 0.1) is 10.1 Å². The lowest BCUT2D eigenvalue weighted by atomic mass is 10.1. The molecule has 0 spiro atoms. The highest BCUT2D eigenvalue weighted by atomic mass is 79.9. The number of anilines is 1. The van der Waals surface area contributed by atoms with Gasteiger partial charge in [-0.3, -0.25) is 19.7 Å². The summed E-state index contributed by atoms with van der Waals surface area (Å²) < 4.78 is 11.2. The molecule has 3 aromatic carbocycles. The minimum atomic E-state index is -0.671. The summed E-state index contributed by atoms with van der Waals surface area (Å²) in [6.07, 6.45) is 1.22. The van der Waals surface area contributed by atoms with Crippen molar-refractivity contribution in [3.63, 3.8) is 0 Å². The number of benzene rings is 3. The topological polar surface area (TPSA) is 120 Å². The molecule has 2 N–H and O–H groups in total. The molecule has 0 fully saturated rings. The molecule has 3 rings (SSSR count). The van der Waals surface area contributed by atoms with E-state index in [1.54, 1.807) is 54.6 Å². The van der Waals surface area contributed by atoms with Gasteiger partial charge in [0.1, 0.15) is 5.70 Å². The van der Waals surface area contributed by atoms with Crippen molar-refractivity contribution in [1.82, 2.24) is 5.32 Å². The summed E-state index contributed by atoms with van der Waals surface area (Å²) in [7, 11) is 2.74. The minimum Gasteiger partial charge on any atom is -0.493 e. The van der Waals surface area contributed by atoms with Gasteiger partial charge in [-0.05, 0) is 48.5 Å². The molecule has 0 bridgehead atoms. The number of carbonyl (C=O) groups is 2. The fourth-order valence-electron chi connectivity index (χ4n) is 2.99. The Bertz CT molecular complexity index is 1240. The van der Waals surface area contributed by atoms with E-state index in [2.05, 4.69) is 26.6 Å². The van der Waals surface area contributed by atoms with E-state index in [9.17, 15) is 19.7 Å².